The van der Waals surface area contributed by atoms with E-state index in [2.05, 4.69) is 64.9 Å². The number of carbonyl (C=O) groups excluding carboxylic acids is 2. The average Bonchev–Trinajstić information content (AvgIpc) is 3.50. The molecule has 2 fully saturated rings. The van der Waals surface area contributed by atoms with Crippen molar-refractivity contribution in [1.29, 1.82) is 0 Å². The molecule has 2 N–H and O–H groups in total. The van der Waals surface area contributed by atoms with E-state index in [1.165, 1.54) is 24.0 Å². The normalized spacial score (nSPS) is 25.7. The summed E-state index contributed by atoms with van der Waals surface area (Å²) in [5.41, 5.74) is 4.44. The zero-order valence-corrected chi connectivity index (χ0v) is 16.9. The lowest BCUT2D eigenvalue weighted by Gasteiger charge is -2.41. The predicted molar refractivity (Wildman–Crippen MR) is 114 cm³/mol. The van der Waals surface area contributed by atoms with Crippen molar-refractivity contribution in [1.82, 2.24) is 10.6 Å². The standard InChI is InChI=1S/C26H24N2O2/c29-23-26(28-24(30)27-23)22-15-18(8-7-17-5-6-17)9-10-21(22)16-25(26)13-11-19-3-1-2-4-20(19)12-14-25/h1-4,9-10,15,17H,5-6,11-14,16H2,(H2,27,28,29,30). The van der Waals surface area contributed by atoms with E-state index in [1.54, 1.807) is 0 Å². The third-order valence-electron chi connectivity index (χ3n) is 7.57. The average molecular weight is 396 g/mol. The summed E-state index contributed by atoms with van der Waals surface area (Å²) in [7, 11) is 0. The lowest BCUT2D eigenvalue weighted by molar-refractivity contribution is -0.129. The molecule has 1 unspecified atom stereocenters. The number of urea groups is 1. The number of fused-ring (bicyclic) bond motifs is 4. The van der Waals surface area contributed by atoms with E-state index >= 15 is 0 Å². The minimum atomic E-state index is -1.00. The molecule has 3 amide bonds. The predicted octanol–water partition coefficient (Wildman–Crippen LogP) is 3.60. The molecule has 6 rings (SSSR count). The minimum absolute atomic E-state index is 0.204. The highest BCUT2D eigenvalue weighted by atomic mass is 16.2. The van der Waals surface area contributed by atoms with E-state index in [1.807, 2.05) is 0 Å². The van der Waals surface area contributed by atoms with Crippen molar-refractivity contribution >= 4 is 11.9 Å². The Morgan fingerprint density at radius 2 is 1.67 bits per heavy atom. The summed E-state index contributed by atoms with van der Waals surface area (Å²) >= 11 is 0. The highest BCUT2D eigenvalue weighted by molar-refractivity contribution is 6.08. The van der Waals surface area contributed by atoms with Crippen molar-refractivity contribution in [3.8, 4) is 11.8 Å². The Morgan fingerprint density at radius 1 is 0.933 bits per heavy atom. The molecular formula is C26H24N2O2. The van der Waals surface area contributed by atoms with Crippen LogP contribution in [0.5, 0.6) is 0 Å². The van der Waals surface area contributed by atoms with Crippen LogP contribution in [0.25, 0.3) is 0 Å². The van der Waals surface area contributed by atoms with Crippen molar-refractivity contribution in [3.63, 3.8) is 0 Å². The Morgan fingerprint density at radius 3 is 2.30 bits per heavy atom. The lowest BCUT2D eigenvalue weighted by Crippen LogP contribution is -2.55. The van der Waals surface area contributed by atoms with Gasteiger partial charge in [-0.15, -0.1) is 0 Å². The van der Waals surface area contributed by atoms with Gasteiger partial charge < -0.3 is 5.32 Å². The molecule has 0 bridgehead atoms. The van der Waals surface area contributed by atoms with Gasteiger partial charge in [-0.2, -0.15) is 0 Å². The third kappa shape index (κ3) is 2.48. The molecule has 4 aliphatic rings. The number of hydrogen-bond donors (Lipinski definition) is 2. The number of nitrogens with one attached hydrogen (secondary N) is 2. The van der Waals surface area contributed by atoms with Gasteiger partial charge in [0.1, 0.15) is 0 Å². The summed E-state index contributed by atoms with van der Waals surface area (Å²) in [5, 5.41) is 5.67. The Balaban J connectivity index is 1.47. The molecule has 2 aromatic rings. The minimum Gasteiger partial charge on any atom is -0.319 e. The summed E-state index contributed by atoms with van der Waals surface area (Å²) in [4.78, 5) is 25.8. The number of amides is 3. The van der Waals surface area contributed by atoms with Gasteiger partial charge in [-0.1, -0.05) is 42.2 Å². The molecule has 1 saturated heterocycles. The molecular weight excluding hydrogens is 372 g/mol. The molecule has 1 saturated carbocycles. The lowest BCUT2D eigenvalue weighted by atomic mass is 9.65. The van der Waals surface area contributed by atoms with Gasteiger partial charge in [-0.25, -0.2) is 4.79 Å². The second-order valence-electron chi connectivity index (χ2n) is 9.30. The second kappa shape index (κ2) is 6.22. The Bertz CT molecular complexity index is 1120. The molecule has 3 aliphatic carbocycles. The smallest absolute Gasteiger partial charge is 0.319 e. The molecule has 0 aromatic heterocycles. The first-order valence-electron chi connectivity index (χ1n) is 11.0. The Hall–Kier alpha value is -3.06. The topological polar surface area (TPSA) is 58.2 Å². The van der Waals surface area contributed by atoms with Crippen molar-refractivity contribution in [2.75, 3.05) is 0 Å². The number of imide groups is 1. The highest BCUT2D eigenvalue weighted by Crippen LogP contribution is 2.57. The molecule has 150 valence electrons. The van der Waals surface area contributed by atoms with Crippen molar-refractivity contribution < 1.29 is 9.59 Å². The molecule has 1 heterocycles. The van der Waals surface area contributed by atoms with Gasteiger partial charge in [0.25, 0.3) is 5.91 Å². The van der Waals surface area contributed by atoms with E-state index < -0.39 is 5.54 Å². The van der Waals surface area contributed by atoms with Gasteiger partial charge in [0.15, 0.2) is 5.54 Å². The molecule has 30 heavy (non-hydrogen) atoms. The van der Waals surface area contributed by atoms with Crippen LogP contribution in [-0.2, 0) is 29.6 Å². The summed E-state index contributed by atoms with van der Waals surface area (Å²) in [6.07, 6.45) is 6.76. The van der Waals surface area contributed by atoms with Crippen LogP contribution < -0.4 is 10.6 Å². The van der Waals surface area contributed by atoms with Gasteiger partial charge in [0.05, 0.1) is 0 Å². The van der Waals surface area contributed by atoms with Crippen LogP contribution in [0.3, 0.4) is 0 Å². The molecule has 1 atom stereocenters. The van der Waals surface area contributed by atoms with Crippen LogP contribution in [0.2, 0.25) is 0 Å². The number of aryl methyl sites for hydroxylation is 2. The van der Waals surface area contributed by atoms with E-state index in [-0.39, 0.29) is 17.4 Å². The van der Waals surface area contributed by atoms with Crippen LogP contribution in [-0.4, -0.2) is 11.9 Å². The van der Waals surface area contributed by atoms with Gasteiger partial charge >= 0.3 is 6.03 Å². The van der Waals surface area contributed by atoms with Gasteiger partial charge in [0.2, 0.25) is 0 Å². The fraction of sp³-hybridized carbons (Fsp3) is 0.385. The summed E-state index contributed by atoms with van der Waals surface area (Å²) in [6, 6.07) is 14.4. The maximum absolute atomic E-state index is 13.4. The molecule has 1 aliphatic heterocycles. The first-order valence-corrected chi connectivity index (χ1v) is 11.0. The zero-order valence-electron chi connectivity index (χ0n) is 16.9. The number of rotatable bonds is 0. The Labute approximate surface area is 176 Å². The van der Waals surface area contributed by atoms with Crippen molar-refractivity contribution in [2.24, 2.45) is 11.3 Å². The van der Waals surface area contributed by atoms with Gasteiger partial charge in [-0.05, 0) is 79.3 Å². The van der Waals surface area contributed by atoms with E-state index in [9.17, 15) is 9.59 Å². The molecule has 2 spiro atoms. The number of hydrogen-bond acceptors (Lipinski definition) is 2. The van der Waals surface area contributed by atoms with Crippen LogP contribution in [0, 0.1) is 23.2 Å². The van der Waals surface area contributed by atoms with Crippen molar-refractivity contribution in [2.45, 2.75) is 50.5 Å². The molecule has 2 aromatic carbocycles. The molecule has 0 radical (unpaired) electrons. The third-order valence-corrected chi connectivity index (χ3v) is 7.57. The quantitative estimate of drug-likeness (QED) is 0.528. The SMILES string of the molecule is O=C1NC(=O)C2(N1)c1cc(C#CC3CC3)ccc1CC21CCc2ccccc2CC1. The second-order valence-corrected chi connectivity index (χ2v) is 9.30. The van der Waals surface area contributed by atoms with E-state index in [4.69, 9.17) is 0 Å². The first kappa shape index (κ1) is 17.8. The highest BCUT2D eigenvalue weighted by Gasteiger charge is 2.65. The van der Waals surface area contributed by atoms with Crippen LogP contribution in [0.4, 0.5) is 4.79 Å². The van der Waals surface area contributed by atoms with E-state index in [0.29, 0.717) is 5.92 Å². The molecule has 4 nitrogen and oxygen atoms in total. The largest absolute Gasteiger partial charge is 0.322 e. The summed E-state index contributed by atoms with van der Waals surface area (Å²) < 4.78 is 0. The first-order chi connectivity index (χ1) is 14.6. The van der Waals surface area contributed by atoms with Crippen LogP contribution >= 0.6 is 0 Å². The van der Waals surface area contributed by atoms with Crippen LogP contribution in [0.1, 0.15) is 53.5 Å². The van der Waals surface area contributed by atoms with Gasteiger partial charge in [-0.3, -0.25) is 10.1 Å². The number of carbonyl (C=O) groups is 2. The fourth-order valence-electron chi connectivity index (χ4n) is 5.84. The maximum Gasteiger partial charge on any atom is 0.322 e. The monoisotopic (exact) mass is 396 g/mol. The fourth-order valence-corrected chi connectivity index (χ4v) is 5.84. The van der Waals surface area contributed by atoms with Crippen LogP contribution in [0.15, 0.2) is 42.5 Å². The summed E-state index contributed by atoms with van der Waals surface area (Å²) in [5.74, 6) is 6.93. The Kier molecular flexibility index (Phi) is 3.68. The number of benzene rings is 2. The van der Waals surface area contributed by atoms with Crippen molar-refractivity contribution in [3.05, 3.63) is 70.3 Å². The maximum atomic E-state index is 13.4. The summed E-state index contributed by atoms with van der Waals surface area (Å²) in [6.45, 7) is 0. The van der Waals surface area contributed by atoms with Gasteiger partial charge in [0, 0.05) is 16.9 Å². The van der Waals surface area contributed by atoms with E-state index in [0.717, 1.165) is 48.8 Å². The zero-order chi connectivity index (χ0) is 20.3. The molecule has 4 heteroatoms.